The number of para-hydroxylation sites is 2. The number of aryl methyl sites for hydroxylation is 2. The number of hydrogen-bond donors (Lipinski definition) is 3. The summed E-state index contributed by atoms with van der Waals surface area (Å²) in [4.78, 5) is 11.5. The first-order chi connectivity index (χ1) is 25.8. The van der Waals surface area contributed by atoms with E-state index in [1.165, 1.54) is 56.9 Å². The Morgan fingerprint density at radius 2 is 1.24 bits per heavy atom. The SMILES string of the molecule is CC1(C)CCC(NCc2ccc(-c3ccc4nc[nH]c4c3)cc2F)CC1.Cc1ccc(CNC2CCC(C)(C)CC2)c(F)c1.Cl.Cn1cnc2ccccc21. The molecule has 2 heterocycles. The van der Waals surface area contributed by atoms with Gasteiger partial charge in [0.2, 0.25) is 0 Å². The first kappa shape index (κ1) is 42.0. The van der Waals surface area contributed by atoms with Crippen molar-refractivity contribution in [2.24, 2.45) is 17.9 Å². The minimum Gasteiger partial charge on any atom is -0.345 e. The van der Waals surface area contributed by atoms with Crippen molar-refractivity contribution < 1.29 is 8.78 Å². The molecule has 0 atom stereocenters. The number of benzene rings is 4. The average molecular weight is 769 g/mol. The van der Waals surface area contributed by atoms with Gasteiger partial charge < -0.3 is 20.2 Å². The number of nitrogens with one attached hydrogen (secondary N) is 3. The zero-order valence-electron chi connectivity index (χ0n) is 33.4. The molecule has 0 saturated heterocycles. The Morgan fingerprint density at radius 3 is 1.82 bits per heavy atom. The summed E-state index contributed by atoms with van der Waals surface area (Å²) in [6.07, 6.45) is 13.3. The van der Waals surface area contributed by atoms with Gasteiger partial charge in [-0.25, -0.2) is 18.7 Å². The molecule has 2 aliphatic carbocycles. The fraction of sp³-hybridized carbons (Fsp3) is 0.435. The summed E-state index contributed by atoms with van der Waals surface area (Å²) in [5, 5.41) is 7.04. The highest BCUT2D eigenvalue weighted by Crippen LogP contribution is 2.36. The molecule has 294 valence electrons. The molecule has 0 amide bonds. The molecule has 0 radical (unpaired) electrons. The maximum atomic E-state index is 14.6. The van der Waals surface area contributed by atoms with Crippen LogP contribution < -0.4 is 10.6 Å². The Kier molecular flexibility index (Phi) is 14.3. The first-order valence-electron chi connectivity index (χ1n) is 19.6. The summed E-state index contributed by atoms with van der Waals surface area (Å²) in [7, 11) is 2.00. The smallest absolute Gasteiger partial charge is 0.128 e. The van der Waals surface area contributed by atoms with Crippen LogP contribution in [0.5, 0.6) is 0 Å². The molecule has 0 unspecified atom stereocenters. The fourth-order valence-electron chi connectivity index (χ4n) is 7.58. The number of rotatable bonds is 7. The van der Waals surface area contributed by atoms with Crippen molar-refractivity contribution in [2.45, 2.75) is 111 Å². The summed E-state index contributed by atoms with van der Waals surface area (Å²) in [5.41, 5.74) is 9.47. The molecule has 55 heavy (non-hydrogen) atoms. The van der Waals surface area contributed by atoms with Crippen molar-refractivity contribution in [3.8, 4) is 11.1 Å². The largest absolute Gasteiger partial charge is 0.345 e. The van der Waals surface area contributed by atoms with Crippen LogP contribution in [0.4, 0.5) is 8.78 Å². The zero-order valence-corrected chi connectivity index (χ0v) is 34.2. The third-order valence-corrected chi connectivity index (χ3v) is 11.5. The van der Waals surface area contributed by atoms with Crippen molar-refractivity contribution in [3.63, 3.8) is 0 Å². The zero-order chi connectivity index (χ0) is 38.3. The Hall–Kier alpha value is -4.11. The van der Waals surface area contributed by atoms with Gasteiger partial charge in [-0.15, -0.1) is 12.4 Å². The van der Waals surface area contributed by atoms with Crippen LogP contribution in [0.3, 0.4) is 0 Å². The summed E-state index contributed by atoms with van der Waals surface area (Å²) < 4.78 is 30.3. The molecule has 6 aromatic rings. The third kappa shape index (κ3) is 11.7. The molecule has 4 aromatic carbocycles. The highest BCUT2D eigenvalue weighted by molar-refractivity contribution is 5.85. The van der Waals surface area contributed by atoms with E-state index in [1.807, 2.05) is 85.5 Å². The maximum Gasteiger partial charge on any atom is 0.128 e. The van der Waals surface area contributed by atoms with Crippen molar-refractivity contribution in [1.82, 2.24) is 30.2 Å². The summed E-state index contributed by atoms with van der Waals surface area (Å²) in [6.45, 7) is 12.5. The van der Waals surface area contributed by atoms with Gasteiger partial charge in [-0.3, -0.25) is 0 Å². The highest BCUT2D eigenvalue weighted by atomic mass is 35.5. The van der Waals surface area contributed by atoms with Gasteiger partial charge in [0.25, 0.3) is 0 Å². The van der Waals surface area contributed by atoms with Gasteiger partial charge in [-0.2, -0.15) is 0 Å². The van der Waals surface area contributed by atoms with E-state index in [2.05, 4.69) is 59.3 Å². The lowest BCUT2D eigenvalue weighted by atomic mass is 9.75. The quantitative estimate of drug-likeness (QED) is 0.151. The molecule has 6 nitrogen and oxygen atoms in total. The molecular formula is C46H59ClF2N6. The van der Waals surface area contributed by atoms with E-state index in [4.69, 9.17) is 0 Å². The normalized spacial score (nSPS) is 16.8. The van der Waals surface area contributed by atoms with E-state index in [-0.39, 0.29) is 24.0 Å². The Bertz CT molecular complexity index is 2120. The topological polar surface area (TPSA) is 70.6 Å². The number of imidazole rings is 2. The van der Waals surface area contributed by atoms with E-state index in [0.717, 1.165) is 44.4 Å². The molecule has 2 aliphatic rings. The van der Waals surface area contributed by atoms with Gasteiger partial charge >= 0.3 is 0 Å². The predicted molar refractivity (Wildman–Crippen MR) is 226 cm³/mol. The van der Waals surface area contributed by atoms with Gasteiger partial charge in [-0.05, 0) is 122 Å². The van der Waals surface area contributed by atoms with Gasteiger partial charge in [-0.1, -0.05) is 70.2 Å². The van der Waals surface area contributed by atoms with E-state index in [1.54, 1.807) is 18.5 Å². The lowest BCUT2D eigenvalue weighted by Crippen LogP contribution is -2.35. The second-order valence-electron chi connectivity index (χ2n) is 17.0. The number of halogens is 3. The number of hydrogen-bond acceptors (Lipinski definition) is 4. The molecule has 0 aliphatic heterocycles. The van der Waals surface area contributed by atoms with Gasteiger partial charge in [0.1, 0.15) is 11.6 Å². The van der Waals surface area contributed by atoms with E-state index < -0.39 is 0 Å². The van der Waals surface area contributed by atoms with E-state index >= 15 is 0 Å². The van der Waals surface area contributed by atoms with Crippen LogP contribution in [0.15, 0.2) is 91.5 Å². The lowest BCUT2D eigenvalue weighted by Gasteiger charge is -2.34. The lowest BCUT2D eigenvalue weighted by molar-refractivity contribution is 0.205. The number of fused-ring (bicyclic) bond motifs is 2. The van der Waals surface area contributed by atoms with Crippen molar-refractivity contribution in [3.05, 3.63) is 120 Å². The van der Waals surface area contributed by atoms with Crippen molar-refractivity contribution in [2.75, 3.05) is 0 Å². The van der Waals surface area contributed by atoms with Crippen LogP contribution in [0, 0.1) is 29.4 Å². The highest BCUT2D eigenvalue weighted by Gasteiger charge is 2.27. The van der Waals surface area contributed by atoms with Crippen LogP contribution in [-0.4, -0.2) is 31.6 Å². The standard InChI is InChI=1S/C22H26FN3.C16H24FN.C8H8N2.ClH/c1-22(2)9-7-18(8-10-22)24-13-17-4-3-15(11-19(17)23)16-5-6-20-21(12-16)26-14-25-20;1-12-4-5-13(15(17)10-12)11-18-14-6-8-16(2,3)9-7-14;1-10-6-9-7-4-2-3-5-8(7)10;/h3-6,11-12,14,18,24H,7-10,13H2,1-2H3,(H,25,26);4-5,10,14,18H,6-9,11H2,1-3H3;2-6H,1H3;1H. The second-order valence-corrected chi connectivity index (χ2v) is 17.0. The van der Waals surface area contributed by atoms with Crippen molar-refractivity contribution in [1.29, 1.82) is 0 Å². The van der Waals surface area contributed by atoms with E-state index in [0.29, 0.717) is 36.0 Å². The minimum atomic E-state index is -0.143. The van der Waals surface area contributed by atoms with Gasteiger partial charge in [0, 0.05) is 43.3 Å². The van der Waals surface area contributed by atoms with Gasteiger partial charge in [0.05, 0.1) is 34.7 Å². The van der Waals surface area contributed by atoms with Crippen LogP contribution in [-0.2, 0) is 20.1 Å². The second kappa shape index (κ2) is 18.7. The number of aromatic amines is 1. The Morgan fingerprint density at radius 1 is 0.691 bits per heavy atom. The first-order valence-corrected chi connectivity index (χ1v) is 19.6. The molecule has 0 bridgehead atoms. The average Bonchev–Trinajstić information content (AvgIpc) is 3.78. The molecule has 2 fully saturated rings. The van der Waals surface area contributed by atoms with Crippen LogP contribution in [0.1, 0.15) is 95.8 Å². The number of nitrogens with zero attached hydrogens (tertiary/aromatic N) is 3. The molecular weight excluding hydrogens is 710 g/mol. The molecule has 9 heteroatoms. The summed E-state index contributed by atoms with van der Waals surface area (Å²) >= 11 is 0. The van der Waals surface area contributed by atoms with E-state index in [9.17, 15) is 8.78 Å². The van der Waals surface area contributed by atoms with Crippen LogP contribution in [0.25, 0.3) is 33.2 Å². The molecule has 2 saturated carbocycles. The fourth-order valence-corrected chi connectivity index (χ4v) is 7.58. The Balaban J connectivity index is 0.000000173. The molecule has 8 rings (SSSR count). The summed E-state index contributed by atoms with van der Waals surface area (Å²) in [6, 6.07) is 26.1. The number of H-pyrrole nitrogens is 1. The van der Waals surface area contributed by atoms with Crippen LogP contribution in [0.2, 0.25) is 0 Å². The van der Waals surface area contributed by atoms with Crippen molar-refractivity contribution >= 4 is 34.5 Å². The summed E-state index contributed by atoms with van der Waals surface area (Å²) in [5.74, 6) is -0.227. The third-order valence-electron chi connectivity index (χ3n) is 11.5. The maximum absolute atomic E-state index is 14.6. The monoisotopic (exact) mass is 768 g/mol. The predicted octanol–water partition coefficient (Wildman–Crippen LogP) is 11.6. The van der Waals surface area contributed by atoms with Crippen LogP contribution >= 0.6 is 12.4 Å². The molecule has 2 aromatic heterocycles. The molecule has 0 spiro atoms. The molecule has 3 N–H and O–H groups in total. The number of aromatic nitrogens is 4. The van der Waals surface area contributed by atoms with Gasteiger partial charge in [0.15, 0.2) is 0 Å². The Labute approximate surface area is 332 Å². The minimum absolute atomic E-state index is 0.